The van der Waals surface area contributed by atoms with Crippen LogP contribution in [0.25, 0.3) is 0 Å². The first-order chi connectivity index (χ1) is 7.88. The molecule has 0 saturated heterocycles. The molecular formula is C10H12O7. The third-order valence-electron chi connectivity index (χ3n) is 2.01. The van der Waals surface area contributed by atoms with E-state index in [1.54, 1.807) is 0 Å². The number of carbonyl (C=O) groups is 2. The van der Waals surface area contributed by atoms with Gasteiger partial charge in [-0.2, -0.15) is 0 Å². The Balaban J connectivity index is 2.94. The number of hydrogen-bond donors (Lipinski definition) is 3. The maximum absolute atomic E-state index is 11.2. The minimum atomic E-state index is -1.49. The van der Waals surface area contributed by atoms with Crippen LogP contribution in [-0.2, 0) is 19.1 Å². The van der Waals surface area contributed by atoms with Gasteiger partial charge in [-0.1, -0.05) is 6.58 Å². The average molecular weight is 244 g/mol. The summed E-state index contributed by atoms with van der Waals surface area (Å²) < 4.78 is 9.20. The Bertz CT molecular complexity index is 395. The molecule has 3 N–H and O–H groups in total. The highest BCUT2D eigenvalue weighted by Crippen LogP contribution is 2.25. The van der Waals surface area contributed by atoms with Crippen molar-refractivity contribution in [1.82, 2.24) is 0 Å². The molecule has 0 unspecified atom stereocenters. The molecule has 0 aromatic heterocycles. The summed E-state index contributed by atoms with van der Waals surface area (Å²) in [4.78, 5) is 22.3. The summed E-state index contributed by atoms with van der Waals surface area (Å²) >= 11 is 0. The minimum Gasteiger partial charge on any atom is -0.499 e. The lowest BCUT2D eigenvalue weighted by atomic mass is 10.2. The number of aliphatic hydroxyl groups is 3. The van der Waals surface area contributed by atoms with Crippen molar-refractivity contribution in [3.63, 3.8) is 0 Å². The fraction of sp³-hybridized carbons (Fsp3) is 0.400. The third kappa shape index (κ3) is 2.63. The highest BCUT2D eigenvalue weighted by atomic mass is 16.6. The number of hydrogen-bond acceptors (Lipinski definition) is 7. The number of esters is 2. The largest absolute Gasteiger partial charge is 0.499 e. The summed E-state index contributed by atoms with van der Waals surface area (Å²) in [6.07, 6.45) is -2.90. The minimum absolute atomic E-state index is 0.0434. The van der Waals surface area contributed by atoms with Crippen LogP contribution < -0.4 is 0 Å². The van der Waals surface area contributed by atoms with E-state index >= 15 is 0 Å². The molecule has 7 nitrogen and oxygen atoms in total. The maximum atomic E-state index is 11.2. The topological polar surface area (TPSA) is 113 Å². The Hall–Kier alpha value is -1.86. The molecule has 0 radical (unpaired) electrons. The van der Waals surface area contributed by atoms with Crippen molar-refractivity contribution in [2.45, 2.75) is 19.1 Å². The van der Waals surface area contributed by atoms with Crippen LogP contribution in [0.1, 0.15) is 6.92 Å². The molecule has 0 aromatic carbocycles. The van der Waals surface area contributed by atoms with E-state index in [1.807, 2.05) is 0 Å². The van der Waals surface area contributed by atoms with Gasteiger partial charge in [-0.3, -0.25) is 0 Å². The molecule has 0 aromatic rings. The van der Waals surface area contributed by atoms with E-state index in [1.165, 1.54) is 6.92 Å². The smallest absolute Gasteiger partial charge is 0.378 e. The Morgan fingerprint density at radius 3 is 2.71 bits per heavy atom. The highest BCUT2D eigenvalue weighted by molar-refractivity contribution is 5.92. The fourth-order valence-electron chi connectivity index (χ4n) is 1.10. The molecule has 0 saturated carbocycles. The zero-order valence-electron chi connectivity index (χ0n) is 9.04. The summed E-state index contributed by atoms with van der Waals surface area (Å²) in [6, 6.07) is 0. The first kappa shape index (κ1) is 13.2. The second kappa shape index (κ2) is 4.98. The standard InChI is InChI=1S/C10H12O7/c1-4(2)9(14)17-8-6(13)10(15)16-7(8)5(12)3-11/h5,7,11-13H,1,3H2,2H3/t5-,7+/m0/s1. The van der Waals surface area contributed by atoms with Crippen molar-refractivity contribution in [2.24, 2.45) is 0 Å². The van der Waals surface area contributed by atoms with Crippen molar-refractivity contribution >= 4 is 11.9 Å². The normalized spacial score (nSPS) is 21.1. The second-order valence-electron chi connectivity index (χ2n) is 3.46. The molecule has 0 aliphatic carbocycles. The van der Waals surface area contributed by atoms with Gasteiger partial charge in [0.25, 0.3) is 0 Å². The van der Waals surface area contributed by atoms with E-state index in [2.05, 4.69) is 16.1 Å². The van der Waals surface area contributed by atoms with Gasteiger partial charge in [-0.15, -0.1) is 0 Å². The lowest BCUT2D eigenvalue weighted by Gasteiger charge is -2.17. The van der Waals surface area contributed by atoms with Crippen molar-refractivity contribution in [3.05, 3.63) is 23.7 Å². The molecule has 7 heteroatoms. The van der Waals surface area contributed by atoms with Gasteiger partial charge in [0, 0.05) is 5.57 Å². The van der Waals surface area contributed by atoms with Crippen LogP contribution in [0.15, 0.2) is 23.7 Å². The third-order valence-corrected chi connectivity index (χ3v) is 2.01. The summed E-state index contributed by atoms with van der Waals surface area (Å²) in [5, 5.41) is 27.4. The average Bonchev–Trinajstić information content (AvgIpc) is 2.56. The number of rotatable bonds is 4. The van der Waals surface area contributed by atoms with Crippen LogP contribution in [0.2, 0.25) is 0 Å². The van der Waals surface area contributed by atoms with Crippen LogP contribution in [-0.4, -0.2) is 46.1 Å². The zero-order chi connectivity index (χ0) is 13.2. The van der Waals surface area contributed by atoms with Gasteiger partial charge in [-0.05, 0) is 6.92 Å². The lowest BCUT2D eigenvalue weighted by molar-refractivity contribution is -0.150. The van der Waals surface area contributed by atoms with Crippen LogP contribution in [0.3, 0.4) is 0 Å². The summed E-state index contributed by atoms with van der Waals surface area (Å²) in [5.74, 6) is -3.44. The molecule has 0 bridgehead atoms. The predicted molar refractivity (Wildman–Crippen MR) is 53.5 cm³/mol. The molecule has 0 amide bonds. The zero-order valence-corrected chi connectivity index (χ0v) is 9.04. The first-order valence-electron chi connectivity index (χ1n) is 4.69. The monoisotopic (exact) mass is 244 g/mol. The van der Waals surface area contributed by atoms with Gasteiger partial charge in [0.15, 0.2) is 6.10 Å². The highest BCUT2D eigenvalue weighted by Gasteiger charge is 2.41. The van der Waals surface area contributed by atoms with Crippen LogP contribution in [0.5, 0.6) is 0 Å². The summed E-state index contributed by atoms with van der Waals surface area (Å²) in [6.45, 7) is 3.96. The van der Waals surface area contributed by atoms with Crippen LogP contribution in [0, 0.1) is 0 Å². The Kier molecular flexibility index (Phi) is 3.87. The Morgan fingerprint density at radius 1 is 1.65 bits per heavy atom. The number of ether oxygens (including phenoxy) is 2. The molecule has 1 heterocycles. The molecule has 1 aliphatic heterocycles. The lowest BCUT2D eigenvalue weighted by Crippen LogP contribution is -2.33. The van der Waals surface area contributed by atoms with E-state index in [9.17, 15) is 19.8 Å². The molecular weight excluding hydrogens is 232 g/mol. The molecule has 0 spiro atoms. The van der Waals surface area contributed by atoms with E-state index in [0.29, 0.717) is 0 Å². The van der Waals surface area contributed by atoms with Crippen molar-refractivity contribution < 1.29 is 34.4 Å². The first-order valence-corrected chi connectivity index (χ1v) is 4.69. The van der Waals surface area contributed by atoms with Gasteiger partial charge >= 0.3 is 11.9 Å². The van der Waals surface area contributed by atoms with Gasteiger partial charge in [0.05, 0.1) is 6.61 Å². The van der Waals surface area contributed by atoms with E-state index in [4.69, 9.17) is 5.11 Å². The van der Waals surface area contributed by atoms with Gasteiger partial charge < -0.3 is 24.8 Å². The molecule has 0 fully saturated rings. The number of carbonyl (C=O) groups excluding carboxylic acids is 2. The SMILES string of the molecule is C=C(C)C(=O)OC1=C(O)C(=O)O[C@@H]1[C@@H](O)CO. The van der Waals surface area contributed by atoms with Crippen molar-refractivity contribution in [2.75, 3.05) is 6.61 Å². The summed E-state index contributed by atoms with van der Waals surface area (Å²) in [7, 11) is 0. The van der Waals surface area contributed by atoms with Crippen molar-refractivity contribution in [3.8, 4) is 0 Å². The predicted octanol–water partition coefficient (Wildman–Crippen LogP) is -0.846. The van der Waals surface area contributed by atoms with E-state index in [0.717, 1.165) is 0 Å². The van der Waals surface area contributed by atoms with Crippen LogP contribution >= 0.6 is 0 Å². The summed E-state index contributed by atoms with van der Waals surface area (Å²) in [5.41, 5.74) is 0.0434. The molecule has 17 heavy (non-hydrogen) atoms. The number of aliphatic hydroxyl groups excluding tert-OH is 3. The van der Waals surface area contributed by atoms with E-state index in [-0.39, 0.29) is 5.57 Å². The second-order valence-corrected chi connectivity index (χ2v) is 3.46. The van der Waals surface area contributed by atoms with Gasteiger partial charge in [0.2, 0.25) is 11.5 Å². The molecule has 94 valence electrons. The molecule has 2 atom stereocenters. The number of cyclic esters (lactones) is 1. The van der Waals surface area contributed by atoms with E-state index < -0.39 is 42.3 Å². The maximum Gasteiger partial charge on any atom is 0.378 e. The molecule has 1 rings (SSSR count). The Labute approximate surface area is 96.6 Å². The quantitative estimate of drug-likeness (QED) is 0.436. The van der Waals surface area contributed by atoms with Gasteiger partial charge in [-0.25, -0.2) is 9.59 Å². The van der Waals surface area contributed by atoms with Crippen LogP contribution in [0.4, 0.5) is 0 Å². The van der Waals surface area contributed by atoms with Crippen molar-refractivity contribution in [1.29, 1.82) is 0 Å². The Morgan fingerprint density at radius 2 is 2.24 bits per heavy atom. The fourth-order valence-corrected chi connectivity index (χ4v) is 1.10. The van der Waals surface area contributed by atoms with Gasteiger partial charge in [0.1, 0.15) is 6.10 Å². The molecule has 1 aliphatic rings.